The van der Waals surface area contributed by atoms with Crippen LogP contribution in [0.3, 0.4) is 0 Å². The minimum atomic E-state index is 0.181. The maximum Gasteiger partial charge on any atom is 0.171 e. The summed E-state index contributed by atoms with van der Waals surface area (Å²) in [5, 5.41) is 0.888. The summed E-state index contributed by atoms with van der Waals surface area (Å²) in [6.45, 7) is 6.66. The number of H-pyrrole nitrogens is 1. The fourth-order valence-corrected chi connectivity index (χ4v) is 2.99. The molecule has 21 heavy (non-hydrogen) atoms. The molecule has 0 aliphatic carbocycles. The maximum atomic E-state index is 5.79. The minimum absolute atomic E-state index is 0.181. The monoisotopic (exact) mass is 297 g/mol. The van der Waals surface area contributed by atoms with Gasteiger partial charge in [0.25, 0.3) is 0 Å². The van der Waals surface area contributed by atoms with Gasteiger partial charge in [-0.05, 0) is 41.3 Å². The molecule has 0 atom stereocenters. The van der Waals surface area contributed by atoms with Gasteiger partial charge in [0.1, 0.15) is 0 Å². The second kappa shape index (κ2) is 5.11. The number of nitrogens with two attached hydrogens (primary N) is 1. The average Bonchev–Trinajstić information content (AvgIpc) is 2.79. The SMILES string of the molecule is CC(C)(C)c1ccc(Sc2nc3ccc(N)cc3[nH]2)cc1. The summed E-state index contributed by atoms with van der Waals surface area (Å²) in [6, 6.07) is 14.4. The summed E-state index contributed by atoms with van der Waals surface area (Å²) in [4.78, 5) is 9.05. The van der Waals surface area contributed by atoms with Gasteiger partial charge in [0.15, 0.2) is 5.16 Å². The molecule has 0 radical (unpaired) electrons. The van der Waals surface area contributed by atoms with Gasteiger partial charge in [0, 0.05) is 10.6 Å². The van der Waals surface area contributed by atoms with Crippen LogP contribution in [-0.4, -0.2) is 9.97 Å². The molecule has 1 heterocycles. The third-order valence-corrected chi connectivity index (χ3v) is 4.31. The van der Waals surface area contributed by atoms with Crippen LogP contribution in [0.2, 0.25) is 0 Å². The first-order chi connectivity index (χ1) is 9.91. The van der Waals surface area contributed by atoms with E-state index in [9.17, 15) is 0 Å². The Hall–Kier alpha value is -1.94. The number of hydrogen-bond donors (Lipinski definition) is 2. The lowest BCUT2D eigenvalue weighted by atomic mass is 9.87. The number of imidazole rings is 1. The van der Waals surface area contributed by atoms with E-state index in [0.29, 0.717) is 0 Å². The van der Waals surface area contributed by atoms with E-state index in [1.165, 1.54) is 10.5 Å². The number of fused-ring (bicyclic) bond motifs is 1. The first-order valence-corrected chi connectivity index (χ1v) is 7.77. The fraction of sp³-hybridized carbons (Fsp3) is 0.235. The Labute approximate surface area is 129 Å². The number of aromatic amines is 1. The summed E-state index contributed by atoms with van der Waals surface area (Å²) in [6.07, 6.45) is 0. The Morgan fingerprint density at radius 1 is 1.05 bits per heavy atom. The van der Waals surface area contributed by atoms with E-state index < -0.39 is 0 Å². The molecule has 0 fully saturated rings. The molecule has 0 spiro atoms. The summed E-state index contributed by atoms with van der Waals surface area (Å²) in [5.41, 5.74) is 9.97. The van der Waals surface area contributed by atoms with Crippen LogP contribution in [0.4, 0.5) is 5.69 Å². The zero-order valence-electron chi connectivity index (χ0n) is 12.5. The fourth-order valence-electron chi connectivity index (χ4n) is 2.19. The molecule has 0 bridgehead atoms. The molecule has 0 saturated carbocycles. The highest BCUT2D eigenvalue weighted by Gasteiger charge is 2.13. The molecule has 3 N–H and O–H groups in total. The van der Waals surface area contributed by atoms with Gasteiger partial charge >= 0.3 is 0 Å². The third-order valence-electron chi connectivity index (χ3n) is 3.42. The molecule has 0 unspecified atom stereocenters. The van der Waals surface area contributed by atoms with Crippen LogP contribution in [0.1, 0.15) is 26.3 Å². The quantitative estimate of drug-likeness (QED) is 0.680. The number of nitrogens with zero attached hydrogens (tertiary/aromatic N) is 1. The number of rotatable bonds is 2. The van der Waals surface area contributed by atoms with Crippen molar-refractivity contribution in [2.24, 2.45) is 0 Å². The molecule has 108 valence electrons. The highest BCUT2D eigenvalue weighted by molar-refractivity contribution is 7.99. The van der Waals surface area contributed by atoms with Crippen molar-refractivity contribution in [2.45, 2.75) is 36.2 Å². The van der Waals surface area contributed by atoms with Crippen molar-refractivity contribution in [3.63, 3.8) is 0 Å². The molecule has 4 heteroatoms. The highest BCUT2D eigenvalue weighted by Crippen LogP contribution is 2.30. The van der Waals surface area contributed by atoms with Gasteiger partial charge in [-0.15, -0.1) is 0 Å². The van der Waals surface area contributed by atoms with Crippen LogP contribution in [0.5, 0.6) is 0 Å². The van der Waals surface area contributed by atoms with Crippen molar-refractivity contribution < 1.29 is 0 Å². The number of aromatic nitrogens is 2. The molecular weight excluding hydrogens is 278 g/mol. The number of nitrogen functional groups attached to an aromatic ring is 1. The van der Waals surface area contributed by atoms with Crippen LogP contribution < -0.4 is 5.73 Å². The maximum absolute atomic E-state index is 5.79. The molecular formula is C17H19N3S. The second-order valence-corrected chi connectivity index (χ2v) is 7.26. The van der Waals surface area contributed by atoms with Gasteiger partial charge in [-0.3, -0.25) is 0 Å². The topological polar surface area (TPSA) is 54.7 Å². The Bertz CT molecular complexity index is 767. The lowest BCUT2D eigenvalue weighted by Gasteiger charge is -2.18. The van der Waals surface area contributed by atoms with E-state index in [2.05, 4.69) is 55.0 Å². The standard InChI is InChI=1S/C17H19N3S/c1-17(2,3)11-4-7-13(8-5-11)21-16-19-14-9-6-12(18)10-15(14)20-16/h4-10H,18H2,1-3H3,(H,19,20). The van der Waals surface area contributed by atoms with Crippen LogP contribution in [0.25, 0.3) is 11.0 Å². The van der Waals surface area contributed by atoms with E-state index in [4.69, 9.17) is 5.73 Å². The van der Waals surface area contributed by atoms with Crippen LogP contribution in [0, 0.1) is 0 Å². The number of anilines is 1. The number of benzene rings is 2. The molecule has 3 rings (SSSR count). The molecule has 0 amide bonds. The van der Waals surface area contributed by atoms with E-state index in [-0.39, 0.29) is 5.41 Å². The molecule has 3 aromatic rings. The van der Waals surface area contributed by atoms with E-state index >= 15 is 0 Å². The summed E-state index contributed by atoms with van der Waals surface area (Å²) < 4.78 is 0. The molecule has 1 aromatic heterocycles. The zero-order chi connectivity index (χ0) is 15.0. The lowest BCUT2D eigenvalue weighted by Crippen LogP contribution is -2.10. The van der Waals surface area contributed by atoms with Crippen LogP contribution in [0.15, 0.2) is 52.5 Å². The van der Waals surface area contributed by atoms with Crippen LogP contribution >= 0.6 is 11.8 Å². The van der Waals surface area contributed by atoms with Gasteiger partial charge in [0.2, 0.25) is 0 Å². The smallest absolute Gasteiger partial charge is 0.171 e. The molecule has 3 nitrogen and oxygen atoms in total. The Kier molecular flexibility index (Phi) is 3.41. The largest absolute Gasteiger partial charge is 0.399 e. The van der Waals surface area contributed by atoms with Crippen molar-refractivity contribution in [1.29, 1.82) is 0 Å². The first kappa shape index (κ1) is 14.0. The van der Waals surface area contributed by atoms with Crippen molar-refractivity contribution in [2.75, 3.05) is 5.73 Å². The Morgan fingerprint density at radius 2 is 1.76 bits per heavy atom. The lowest BCUT2D eigenvalue weighted by molar-refractivity contribution is 0.590. The van der Waals surface area contributed by atoms with Gasteiger partial charge in [-0.1, -0.05) is 44.7 Å². The van der Waals surface area contributed by atoms with Gasteiger partial charge in [-0.25, -0.2) is 4.98 Å². The summed E-state index contributed by atoms with van der Waals surface area (Å²) in [7, 11) is 0. The van der Waals surface area contributed by atoms with Crippen molar-refractivity contribution in [3.8, 4) is 0 Å². The van der Waals surface area contributed by atoms with Crippen molar-refractivity contribution >= 4 is 28.5 Å². The number of nitrogens with one attached hydrogen (secondary N) is 1. The van der Waals surface area contributed by atoms with E-state index in [0.717, 1.165) is 21.9 Å². The predicted molar refractivity (Wildman–Crippen MR) is 89.8 cm³/mol. The van der Waals surface area contributed by atoms with E-state index in [1.54, 1.807) is 11.8 Å². The zero-order valence-corrected chi connectivity index (χ0v) is 13.3. The van der Waals surface area contributed by atoms with Crippen molar-refractivity contribution in [1.82, 2.24) is 9.97 Å². The normalized spacial score (nSPS) is 12.0. The molecule has 0 aliphatic rings. The van der Waals surface area contributed by atoms with Crippen LogP contribution in [-0.2, 0) is 5.41 Å². The minimum Gasteiger partial charge on any atom is -0.399 e. The second-order valence-electron chi connectivity index (χ2n) is 6.19. The molecule has 0 saturated heterocycles. The Balaban J connectivity index is 1.84. The molecule has 0 aliphatic heterocycles. The molecule has 2 aromatic carbocycles. The van der Waals surface area contributed by atoms with Crippen molar-refractivity contribution in [3.05, 3.63) is 48.0 Å². The third kappa shape index (κ3) is 3.05. The number of hydrogen-bond acceptors (Lipinski definition) is 3. The van der Waals surface area contributed by atoms with Gasteiger partial charge in [0.05, 0.1) is 11.0 Å². The first-order valence-electron chi connectivity index (χ1n) is 6.95. The average molecular weight is 297 g/mol. The summed E-state index contributed by atoms with van der Waals surface area (Å²) >= 11 is 1.63. The van der Waals surface area contributed by atoms with Gasteiger partial charge < -0.3 is 10.7 Å². The predicted octanol–water partition coefficient (Wildman–Crippen LogP) is 4.59. The van der Waals surface area contributed by atoms with Gasteiger partial charge in [-0.2, -0.15) is 0 Å². The van der Waals surface area contributed by atoms with E-state index in [1.807, 2.05) is 18.2 Å². The highest BCUT2D eigenvalue weighted by atomic mass is 32.2. The Morgan fingerprint density at radius 3 is 2.43 bits per heavy atom. The summed E-state index contributed by atoms with van der Waals surface area (Å²) in [5.74, 6) is 0.